The summed E-state index contributed by atoms with van der Waals surface area (Å²) in [5, 5.41) is 0. The number of ether oxygens (including phenoxy) is 3. The zero-order chi connectivity index (χ0) is 18.3. The summed E-state index contributed by atoms with van der Waals surface area (Å²) in [6, 6.07) is 12.9. The molecule has 0 bridgehead atoms. The number of carbonyl (C=O) groups excluding carboxylic acids is 1. The van der Waals surface area contributed by atoms with E-state index in [9.17, 15) is 13.2 Å². The van der Waals surface area contributed by atoms with Crippen LogP contribution in [0.2, 0.25) is 0 Å². The fourth-order valence-corrected chi connectivity index (χ4v) is 2.70. The fourth-order valence-electron chi connectivity index (χ4n) is 2.03. The van der Waals surface area contributed by atoms with Crippen molar-refractivity contribution in [3.05, 3.63) is 54.1 Å². The van der Waals surface area contributed by atoms with E-state index >= 15 is 0 Å². The van der Waals surface area contributed by atoms with Crippen molar-refractivity contribution in [2.75, 3.05) is 26.1 Å². The summed E-state index contributed by atoms with van der Waals surface area (Å²) in [4.78, 5) is 12.0. The molecule has 6 nitrogen and oxygen atoms in total. The van der Waals surface area contributed by atoms with E-state index in [1.54, 1.807) is 24.3 Å². The Bertz CT molecular complexity index is 812. The summed E-state index contributed by atoms with van der Waals surface area (Å²) in [5.74, 6) is 0.798. The van der Waals surface area contributed by atoms with E-state index in [0.717, 1.165) is 12.0 Å². The van der Waals surface area contributed by atoms with Crippen LogP contribution in [0.15, 0.2) is 53.4 Å². The van der Waals surface area contributed by atoms with Crippen LogP contribution in [0.5, 0.6) is 11.5 Å². The SMILES string of the molecule is CCOc1ccc(OCCOC(=O)c2cccc(S(C)(=O)=O)c2)cc1. The number of carbonyl (C=O) groups is 1. The highest BCUT2D eigenvalue weighted by Crippen LogP contribution is 2.17. The molecule has 0 N–H and O–H groups in total. The van der Waals surface area contributed by atoms with Gasteiger partial charge < -0.3 is 14.2 Å². The molecule has 2 aromatic carbocycles. The third kappa shape index (κ3) is 5.79. The average Bonchev–Trinajstić information content (AvgIpc) is 2.59. The summed E-state index contributed by atoms with van der Waals surface area (Å²) >= 11 is 0. The van der Waals surface area contributed by atoms with Crippen LogP contribution in [0.4, 0.5) is 0 Å². The van der Waals surface area contributed by atoms with Crippen LogP contribution in [-0.2, 0) is 14.6 Å². The molecule has 0 heterocycles. The standard InChI is InChI=1S/C18H20O6S/c1-3-22-15-7-9-16(10-8-15)23-11-12-24-18(19)14-5-4-6-17(13-14)25(2,20)21/h4-10,13H,3,11-12H2,1-2H3. The maximum Gasteiger partial charge on any atom is 0.338 e. The second kappa shape index (κ2) is 8.53. The predicted molar refractivity (Wildman–Crippen MR) is 92.9 cm³/mol. The van der Waals surface area contributed by atoms with Crippen molar-refractivity contribution >= 4 is 15.8 Å². The highest BCUT2D eigenvalue weighted by Gasteiger charge is 2.12. The van der Waals surface area contributed by atoms with Crippen molar-refractivity contribution in [2.24, 2.45) is 0 Å². The summed E-state index contributed by atoms with van der Waals surface area (Å²) in [6.07, 6.45) is 1.09. The zero-order valence-electron chi connectivity index (χ0n) is 14.1. The first-order valence-corrected chi connectivity index (χ1v) is 9.62. The first kappa shape index (κ1) is 18.8. The zero-order valence-corrected chi connectivity index (χ0v) is 14.9. The van der Waals surface area contributed by atoms with Gasteiger partial charge in [-0.05, 0) is 49.4 Å². The van der Waals surface area contributed by atoms with Gasteiger partial charge in [0, 0.05) is 6.26 Å². The van der Waals surface area contributed by atoms with Gasteiger partial charge in [-0.2, -0.15) is 0 Å². The van der Waals surface area contributed by atoms with Crippen LogP contribution >= 0.6 is 0 Å². The Hall–Kier alpha value is -2.54. The van der Waals surface area contributed by atoms with Gasteiger partial charge in [-0.15, -0.1) is 0 Å². The van der Waals surface area contributed by atoms with Gasteiger partial charge in [0.1, 0.15) is 24.7 Å². The quantitative estimate of drug-likeness (QED) is 0.529. The number of esters is 1. The van der Waals surface area contributed by atoms with Crippen LogP contribution in [0.1, 0.15) is 17.3 Å². The highest BCUT2D eigenvalue weighted by molar-refractivity contribution is 7.90. The predicted octanol–water partition coefficient (Wildman–Crippen LogP) is 2.72. The molecule has 134 valence electrons. The molecule has 0 aliphatic carbocycles. The molecule has 0 spiro atoms. The van der Waals surface area contributed by atoms with Crippen LogP contribution < -0.4 is 9.47 Å². The summed E-state index contributed by atoms with van der Waals surface area (Å²) in [7, 11) is -3.37. The minimum Gasteiger partial charge on any atom is -0.494 e. The summed E-state index contributed by atoms with van der Waals surface area (Å²) in [6.45, 7) is 2.74. The molecule has 0 saturated heterocycles. The van der Waals surface area contributed by atoms with E-state index in [-0.39, 0.29) is 23.7 Å². The van der Waals surface area contributed by atoms with E-state index in [0.29, 0.717) is 12.4 Å². The average molecular weight is 364 g/mol. The number of hydrogen-bond donors (Lipinski definition) is 0. The second-order valence-corrected chi connectivity index (χ2v) is 7.20. The molecule has 0 atom stereocenters. The van der Waals surface area contributed by atoms with Gasteiger partial charge in [-0.3, -0.25) is 0 Å². The highest BCUT2D eigenvalue weighted by atomic mass is 32.2. The molecule has 0 aliphatic heterocycles. The first-order valence-electron chi connectivity index (χ1n) is 7.73. The Morgan fingerprint density at radius 1 is 0.960 bits per heavy atom. The van der Waals surface area contributed by atoms with Crippen molar-refractivity contribution in [2.45, 2.75) is 11.8 Å². The molecule has 0 aromatic heterocycles. The van der Waals surface area contributed by atoms with Crippen LogP contribution in [0.3, 0.4) is 0 Å². The molecule has 7 heteroatoms. The largest absolute Gasteiger partial charge is 0.494 e. The van der Waals surface area contributed by atoms with Crippen molar-refractivity contribution in [3.8, 4) is 11.5 Å². The topological polar surface area (TPSA) is 78.9 Å². The van der Waals surface area contributed by atoms with Gasteiger partial charge in [0.25, 0.3) is 0 Å². The lowest BCUT2D eigenvalue weighted by Gasteiger charge is -2.09. The number of rotatable bonds is 8. The van der Waals surface area contributed by atoms with Crippen molar-refractivity contribution in [1.29, 1.82) is 0 Å². The van der Waals surface area contributed by atoms with Crippen LogP contribution in [0.25, 0.3) is 0 Å². The Balaban J connectivity index is 1.82. The Morgan fingerprint density at radius 3 is 2.20 bits per heavy atom. The van der Waals surface area contributed by atoms with Crippen molar-refractivity contribution in [1.82, 2.24) is 0 Å². The van der Waals surface area contributed by atoms with E-state index in [4.69, 9.17) is 14.2 Å². The number of sulfone groups is 1. The monoisotopic (exact) mass is 364 g/mol. The molecular weight excluding hydrogens is 344 g/mol. The van der Waals surface area contributed by atoms with Crippen LogP contribution in [-0.4, -0.2) is 40.5 Å². The molecule has 0 radical (unpaired) electrons. The molecule has 0 amide bonds. The van der Waals surface area contributed by atoms with Gasteiger partial charge in [-0.25, -0.2) is 13.2 Å². The molecule has 25 heavy (non-hydrogen) atoms. The van der Waals surface area contributed by atoms with Gasteiger partial charge in [-0.1, -0.05) is 6.07 Å². The fraction of sp³-hybridized carbons (Fsp3) is 0.278. The molecular formula is C18H20O6S. The maximum atomic E-state index is 12.0. The minimum atomic E-state index is -3.37. The van der Waals surface area contributed by atoms with Gasteiger partial charge >= 0.3 is 5.97 Å². The van der Waals surface area contributed by atoms with Crippen LogP contribution in [0, 0.1) is 0 Å². The smallest absolute Gasteiger partial charge is 0.338 e. The Labute approximate surface area is 147 Å². The summed E-state index contributed by atoms with van der Waals surface area (Å²) < 4.78 is 38.9. The van der Waals surface area contributed by atoms with Gasteiger partial charge in [0.05, 0.1) is 17.1 Å². The lowest BCUT2D eigenvalue weighted by atomic mass is 10.2. The molecule has 0 fully saturated rings. The third-order valence-electron chi connectivity index (χ3n) is 3.22. The van der Waals surface area contributed by atoms with Crippen molar-refractivity contribution < 1.29 is 27.4 Å². The normalized spacial score (nSPS) is 11.0. The van der Waals surface area contributed by atoms with Crippen molar-refractivity contribution in [3.63, 3.8) is 0 Å². The van der Waals surface area contributed by atoms with Gasteiger partial charge in [0.2, 0.25) is 0 Å². The molecule has 2 aromatic rings. The van der Waals surface area contributed by atoms with E-state index < -0.39 is 15.8 Å². The lowest BCUT2D eigenvalue weighted by molar-refractivity contribution is 0.0450. The minimum absolute atomic E-state index is 0.0507. The van der Waals surface area contributed by atoms with E-state index in [2.05, 4.69) is 0 Å². The number of hydrogen-bond acceptors (Lipinski definition) is 6. The molecule has 0 unspecified atom stereocenters. The molecule has 2 rings (SSSR count). The first-order chi connectivity index (χ1) is 11.9. The van der Waals surface area contributed by atoms with E-state index in [1.165, 1.54) is 24.3 Å². The van der Waals surface area contributed by atoms with E-state index in [1.807, 2.05) is 6.92 Å². The lowest BCUT2D eigenvalue weighted by Crippen LogP contribution is -2.13. The molecule has 0 saturated carbocycles. The second-order valence-electron chi connectivity index (χ2n) is 5.19. The summed E-state index contributed by atoms with van der Waals surface area (Å²) in [5.41, 5.74) is 0.184. The molecule has 0 aliphatic rings. The Morgan fingerprint density at radius 2 is 1.60 bits per heavy atom. The van der Waals surface area contributed by atoms with Gasteiger partial charge in [0.15, 0.2) is 9.84 Å². The third-order valence-corrected chi connectivity index (χ3v) is 4.33. The number of benzene rings is 2. The maximum absolute atomic E-state index is 12.0. The Kier molecular flexibility index (Phi) is 6.41.